The molecule has 1 aromatic carbocycles. The summed E-state index contributed by atoms with van der Waals surface area (Å²) in [4.78, 5) is 15.2. The van der Waals surface area contributed by atoms with Gasteiger partial charge in [-0.2, -0.15) is 0 Å². The molecule has 0 bridgehead atoms. The number of hydrogen-bond acceptors (Lipinski definition) is 4. The number of anilines is 1. The second kappa shape index (κ2) is 4.33. The summed E-state index contributed by atoms with van der Waals surface area (Å²) in [5.41, 5.74) is 1.53. The summed E-state index contributed by atoms with van der Waals surface area (Å²) in [6.07, 6.45) is 0. The molecule has 0 saturated heterocycles. The number of carbonyl (C=O) groups is 1. The molecule has 2 rings (SSSR count). The SMILES string of the molecule is Cc1nc2cc(NCC(C)(C)C(=O)O)ccc2o1. The molecule has 5 nitrogen and oxygen atoms in total. The summed E-state index contributed by atoms with van der Waals surface area (Å²) >= 11 is 0. The second-order valence-electron chi connectivity index (χ2n) is 4.96. The highest BCUT2D eigenvalue weighted by Gasteiger charge is 2.26. The molecule has 0 spiro atoms. The molecule has 1 aromatic heterocycles. The first kappa shape index (κ1) is 12.4. The fourth-order valence-corrected chi connectivity index (χ4v) is 1.55. The lowest BCUT2D eigenvalue weighted by Gasteiger charge is -2.20. The highest BCUT2D eigenvalue weighted by Crippen LogP contribution is 2.21. The van der Waals surface area contributed by atoms with Crippen molar-refractivity contribution in [3.05, 3.63) is 24.1 Å². The quantitative estimate of drug-likeness (QED) is 0.870. The van der Waals surface area contributed by atoms with E-state index in [0.29, 0.717) is 12.4 Å². The summed E-state index contributed by atoms with van der Waals surface area (Å²) in [6.45, 7) is 5.51. The van der Waals surface area contributed by atoms with Gasteiger partial charge in [0.2, 0.25) is 0 Å². The van der Waals surface area contributed by atoms with Crippen LogP contribution in [0, 0.1) is 12.3 Å². The fraction of sp³-hybridized carbons (Fsp3) is 0.385. The van der Waals surface area contributed by atoms with Gasteiger partial charge in [-0.15, -0.1) is 0 Å². The molecule has 0 aliphatic carbocycles. The number of hydrogen-bond donors (Lipinski definition) is 2. The van der Waals surface area contributed by atoms with Crippen molar-refractivity contribution >= 4 is 22.8 Å². The molecule has 2 aromatic rings. The van der Waals surface area contributed by atoms with Crippen LogP contribution in [0.25, 0.3) is 11.1 Å². The molecule has 0 fully saturated rings. The summed E-state index contributed by atoms with van der Waals surface area (Å²) in [6, 6.07) is 5.53. The summed E-state index contributed by atoms with van der Waals surface area (Å²) in [5, 5.41) is 12.1. The Balaban J connectivity index is 2.15. The van der Waals surface area contributed by atoms with Gasteiger partial charge < -0.3 is 14.8 Å². The van der Waals surface area contributed by atoms with Crippen LogP contribution in [0.4, 0.5) is 5.69 Å². The van der Waals surface area contributed by atoms with Crippen molar-refractivity contribution < 1.29 is 14.3 Å². The number of aliphatic carboxylic acids is 1. The minimum Gasteiger partial charge on any atom is -0.481 e. The predicted octanol–water partition coefficient (Wildman–Crippen LogP) is 2.66. The standard InChI is InChI=1S/C13H16N2O3/c1-8-15-10-6-9(4-5-11(10)18-8)14-7-13(2,3)12(16)17/h4-6,14H,7H2,1-3H3,(H,16,17). The smallest absolute Gasteiger partial charge is 0.310 e. The molecule has 5 heteroatoms. The molecule has 0 radical (unpaired) electrons. The van der Waals surface area contributed by atoms with Crippen molar-refractivity contribution in [3.63, 3.8) is 0 Å². The van der Waals surface area contributed by atoms with Gasteiger partial charge in [-0.25, -0.2) is 4.98 Å². The zero-order valence-corrected chi connectivity index (χ0v) is 10.7. The van der Waals surface area contributed by atoms with Gasteiger partial charge in [-0.05, 0) is 32.0 Å². The maximum atomic E-state index is 11.0. The Kier molecular flexibility index (Phi) is 2.98. The molecule has 2 N–H and O–H groups in total. The summed E-state index contributed by atoms with van der Waals surface area (Å²) in [5.74, 6) is -0.207. The highest BCUT2D eigenvalue weighted by molar-refractivity contribution is 5.78. The Morgan fingerprint density at radius 3 is 2.89 bits per heavy atom. The number of aromatic nitrogens is 1. The van der Waals surface area contributed by atoms with Gasteiger partial charge in [-0.1, -0.05) is 0 Å². The van der Waals surface area contributed by atoms with Crippen LogP contribution in [-0.4, -0.2) is 22.6 Å². The van der Waals surface area contributed by atoms with E-state index >= 15 is 0 Å². The van der Waals surface area contributed by atoms with Crippen molar-refractivity contribution in [1.82, 2.24) is 4.98 Å². The van der Waals surface area contributed by atoms with E-state index in [1.807, 2.05) is 18.2 Å². The molecule has 0 amide bonds. The lowest BCUT2D eigenvalue weighted by atomic mass is 9.94. The highest BCUT2D eigenvalue weighted by atomic mass is 16.4. The number of nitrogens with one attached hydrogen (secondary N) is 1. The summed E-state index contributed by atoms with van der Waals surface area (Å²) in [7, 11) is 0. The Morgan fingerprint density at radius 1 is 1.50 bits per heavy atom. The van der Waals surface area contributed by atoms with Crippen molar-refractivity contribution in [3.8, 4) is 0 Å². The molecule has 0 aliphatic heterocycles. The Hall–Kier alpha value is -2.04. The van der Waals surface area contributed by atoms with E-state index in [2.05, 4.69) is 10.3 Å². The zero-order valence-electron chi connectivity index (χ0n) is 10.7. The van der Waals surface area contributed by atoms with Gasteiger partial charge in [0, 0.05) is 19.2 Å². The third kappa shape index (κ3) is 2.45. The van der Waals surface area contributed by atoms with E-state index in [1.165, 1.54) is 0 Å². The number of aryl methyl sites for hydroxylation is 1. The maximum Gasteiger partial charge on any atom is 0.310 e. The normalized spacial score (nSPS) is 11.7. The van der Waals surface area contributed by atoms with Gasteiger partial charge in [0.15, 0.2) is 11.5 Å². The first-order chi connectivity index (χ1) is 8.38. The number of nitrogens with zero attached hydrogens (tertiary/aromatic N) is 1. The third-order valence-electron chi connectivity index (χ3n) is 2.81. The average Bonchev–Trinajstić information content (AvgIpc) is 2.65. The topological polar surface area (TPSA) is 75.4 Å². The van der Waals surface area contributed by atoms with E-state index in [9.17, 15) is 4.79 Å². The molecule has 0 unspecified atom stereocenters. The monoisotopic (exact) mass is 248 g/mol. The van der Waals surface area contributed by atoms with Crippen LogP contribution in [0.5, 0.6) is 0 Å². The number of fused-ring (bicyclic) bond motifs is 1. The first-order valence-electron chi connectivity index (χ1n) is 5.73. The van der Waals surface area contributed by atoms with Gasteiger partial charge in [0.25, 0.3) is 0 Å². The number of carboxylic acids is 1. The zero-order chi connectivity index (χ0) is 13.3. The lowest BCUT2D eigenvalue weighted by Crippen LogP contribution is -2.31. The van der Waals surface area contributed by atoms with Crippen molar-refractivity contribution in [2.24, 2.45) is 5.41 Å². The van der Waals surface area contributed by atoms with Crippen molar-refractivity contribution in [2.45, 2.75) is 20.8 Å². The Bertz CT molecular complexity index is 587. The lowest BCUT2D eigenvalue weighted by molar-refractivity contribution is -0.146. The van der Waals surface area contributed by atoms with Crippen LogP contribution in [0.3, 0.4) is 0 Å². The Morgan fingerprint density at radius 2 is 2.22 bits per heavy atom. The molecule has 0 atom stereocenters. The van der Waals surface area contributed by atoms with Crippen LogP contribution in [-0.2, 0) is 4.79 Å². The number of oxazole rings is 1. The van der Waals surface area contributed by atoms with E-state index in [1.54, 1.807) is 20.8 Å². The number of benzene rings is 1. The molecular formula is C13H16N2O3. The number of carboxylic acid groups (broad SMARTS) is 1. The molecule has 0 aliphatic rings. The fourth-order valence-electron chi connectivity index (χ4n) is 1.55. The first-order valence-corrected chi connectivity index (χ1v) is 5.73. The van der Waals surface area contributed by atoms with E-state index in [-0.39, 0.29) is 0 Å². The van der Waals surface area contributed by atoms with Gasteiger partial charge in [-0.3, -0.25) is 4.79 Å². The second-order valence-corrected chi connectivity index (χ2v) is 4.96. The predicted molar refractivity (Wildman–Crippen MR) is 68.7 cm³/mol. The maximum absolute atomic E-state index is 11.0. The van der Waals surface area contributed by atoms with Crippen LogP contribution in [0.2, 0.25) is 0 Å². The van der Waals surface area contributed by atoms with E-state index < -0.39 is 11.4 Å². The summed E-state index contributed by atoms with van der Waals surface area (Å²) < 4.78 is 5.37. The molecule has 1 heterocycles. The minimum atomic E-state index is -0.826. The van der Waals surface area contributed by atoms with Gasteiger partial charge >= 0.3 is 5.97 Å². The number of rotatable bonds is 4. The largest absolute Gasteiger partial charge is 0.481 e. The molecular weight excluding hydrogens is 232 g/mol. The van der Waals surface area contributed by atoms with Crippen molar-refractivity contribution in [2.75, 3.05) is 11.9 Å². The van der Waals surface area contributed by atoms with Crippen LogP contribution < -0.4 is 5.32 Å². The average molecular weight is 248 g/mol. The molecule has 96 valence electrons. The van der Waals surface area contributed by atoms with Gasteiger partial charge in [0.05, 0.1) is 5.41 Å². The van der Waals surface area contributed by atoms with Crippen LogP contribution in [0.15, 0.2) is 22.6 Å². The van der Waals surface area contributed by atoms with Gasteiger partial charge in [0.1, 0.15) is 5.52 Å². The van der Waals surface area contributed by atoms with Crippen LogP contribution in [0.1, 0.15) is 19.7 Å². The van der Waals surface area contributed by atoms with Crippen molar-refractivity contribution in [1.29, 1.82) is 0 Å². The Labute approximate surface area is 105 Å². The molecule has 18 heavy (non-hydrogen) atoms. The van der Waals surface area contributed by atoms with E-state index in [4.69, 9.17) is 9.52 Å². The third-order valence-corrected chi connectivity index (χ3v) is 2.81. The molecule has 0 saturated carbocycles. The minimum absolute atomic E-state index is 0.352. The van der Waals surface area contributed by atoms with Crippen LogP contribution >= 0.6 is 0 Å². The van der Waals surface area contributed by atoms with E-state index in [0.717, 1.165) is 16.8 Å².